The zero-order valence-electron chi connectivity index (χ0n) is 14.7. The zero-order chi connectivity index (χ0) is 17.4. The van der Waals surface area contributed by atoms with Gasteiger partial charge in [-0.2, -0.15) is 0 Å². The van der Waals surface area contributed by atoms with E-state index in [9.17, 15) is 4.39 Å². The Morgan fingerprint density at radius 3 is 2.35 bits per heavy atom. The van der Waals surface area contributed by atoms with Gasteiger partial charge in [0.2, 0.25) is 0 Å². The van der Waals surface area contributed by atoms with Gasteiger partial charge in [0.1, 0.15) is 18.1 Å². The smallest absolute Gasteiger partial charge is 0.142 e. The molecule has 0 aliphatic carbocycles. The van der Waals surface area contributed by atoms with E-state index in [0.29, 0.717) is 12.5 Å². The van der Waals surface area contributed by atoms with Crippen LogP contribution in [0.1, 0.15) is 36.5 Å². The van der Waals surface area contributed by atoms with Crippen molar-refractivity contribution in [3.63, 3.8) is 0 Å². The highest BCUT2D eigenvalue weighted by Gasteiger charge is 2.47. The molecule has 2 nitrogen and oxygen atoms in total. The third-order valence-corrected chi connectivity index (χ3v) is 5.71. The first-order valence-corrected chi connectivity index (χ1v) is 8.95. The topological polar surface area (TPSA) is 12.5 Å². The highest BCUT2D eigenvalue weighted by Crippen LogP contribution is 2.40. The summed E-state index contributed by atoms with van der Waals surface area (Å²) in [5.74, 6) is -0.281. The van der Waals surface area contributed by atoms with Gasteiger partial charge in [0, 0.05) is 12.1 Å². The molecule has 0 spiro atoms. The fourth-order valence-electron chi connectivity index (χ4n) is 4.28. The molecule has 5 atom stereocenters. The maximum Gasteiger partial charge on any atom is 0.142 e. The summed E-state index contributed by atoms with van der Waals surface area (Å²) < 4.78 is 34.7. The van der Waals surface area contributed by atoms with Crippen LogP contribution < -0.4 is 0 Å². The predicted octanol–water partition coefficient (Wildman–Crippen LogP) is 4.93. The third kappa shape index (κ3) is 3.64. The number of halogens is 3. The molecular formula is C21H24ClF2NO. The highest BCUT2D eigenvalue weighted by molar-refractivity contribution is 5.85. The molecule has 140 valence electrons. The summed E-state index contributed by atoms with van der Waals surface area (Å²) in [6, 6.07) is 16.4. The molecule has 2 bridgehead atoms. The summed E-state index contributed by atoms with van der Waals surface area (Å²) in [5, 5.41) is 0. The molecule has 0 N–H and O–H groups in total. The second-order valence-electron chi connectivity index (χ2n) is 7.16. The fraction of sp³-hybridized carbons (Fsp3) is 0.429. The van der Waals surface area contributed by atoms with Crippen molar-refractivity contribution in [3.05, 3.63) is 71.5 Å². The Balaban J connectivity index is 0.00000196. The van der Waals surface area contributed by atoms with Crippen LogP contribution in [0.5, 0.6) is 0 Å². The number of piperidine rings is 1. The minimum absolute atomic E-state index is 0. The molecule has 5 heteroatoms. The van der Waals surface area contributed by atoms with Crippen LogP contribution in [0.25, 0.3) is 0 Å². The Morgan fingerprint density at radius 2 is 1.65 bits per heavy atom. The largest absolute Gasteiger partial charge is 0.362 e. The van der Waals surface area contributed by atoms with Gasteiger partial charge in [0.05, 0.1) is 6.10 Å². The second kappa shape index (κ2) is 8.03. The summed E-state index contributed by atoms with van der Waals surface area (Å²) in [5.41, 5.74) is 1.82. The van der Waals surface area contributed by atoms with E-state index in [0.717, 1.165) is 24.0 Å². The van der Waals surface area contributed by atoms with Gasteiger partial charge < -0.3 is 4.74 Å². The van der Waals surface area contributed by atoms with Crippen LogP contribution in [0, 0.1) is 5.82 Å². The Morgan fingerprint density at radius 1 is 1.00 bits per heavy atom. The van der Waals surface area contributed by atoms with Gasteiger partial charge in [0.25, 0.3) is 0 Å². The minimum atomic E-state index is -0.990. The Kier molecular flexibility index (Phi) is 5.96. The molecule has 2 aromatic carbocycles. The molecule has 4 unspecified atom stereocenters. The van der Waals surface area contributed by atoms with E-state index in [2.05, 4.69) is 4.90 Å². The summed E-state index contributed by atoms with van der Waals surface area (Å²) in [6.45, 7) is 0. The summed E-state index contributed by atoms with van der Waals surface area (Å²) in [6.07, 6.45) is 0.841. The average Bonchev–Trinajstić information content (AvgIpc) is 2.90. The molecule has 0 radical (unpaired) electrons. The van der Waals surface area contributed by atoms with Crippen LogP contribution in [0.15, 0.2) is 54.6 Å². The van der Waals surface area contributed by atoms with Crippen molar-refractivity contribution in [2.45, 2.75) is 49.7 Å². The molecule has 2 fully saturated rings. The highest BCUT2D eigenvalue weighted by atomic mass is 35.5. The third-order valence-electron chi connectivity index (χ3n) is 5.71. The maximum absolute atomic E-state index is 15.0. The van der Waals surface area contributed by atoms with Crippen LogP contribution in [0.4, 0.5) is 8.78 Å². The van der Waals surface area contributed by atoms with Crippen LogP contribution in [-0.4, -0.2) is 36.3 Å². The monoisotopic (exact) mass is 379 g/mol. The number of rotatable bonds is 4. The molecule has 2 aliphatic heterocycles. The molecule has 0 aromatic heterocycles. The molecule has 2 saturated heterocycles. The Bertz CT molecular complexity index is 712. The molecular weight excluding hydrogens is 356 g/mol. The summed E-state index contributed by atoms with van der Waals surface area (Å²) >= 11 is 0. The summed E-state index contributed by atoms with van der Waals surface area (Å²) in [7, 11) is 2.01. The lowest BCUT2D eigenvalue weighted by Gasteiger charge is -2.40. The quantitative estimate of drug-likeness (QED) is 0.747. The Labute approximate surface area is 159 Å². The standard InChI is InChI=1S/C21H23F2NO.ClH/c1-24-17-11-12-18(24)20(23)19(13-17)25-21(14-5-3-2-4-6-14)15-7-9-16(22)10-8-15;/h2-10,17-21H,11-13H2,1H3;1H/t17?,18?,19-,20?,21?;/m1./s1. The van der Waals surface area contributed by atoms with Gasteiger partial charge >= 0.3 is 0 Å². The van der Waals surface area contributed by atoms with Crippen molar-refractivity contribution in [2.75, 3.05) is 7.05 Å². The fourth-order valence-corrected chi connectivity index (χ4v) is 4.28. The molecule has 2 heterocycles. The first-order chi connectivity index (χ1) is 12.1. The van der Waals surface area contributed by atoms with Gasteiger partial charge in [-0.1, -0.05) is 42.5 Å². The molecule has 0 saturated carbocycles. The summed E-state index contributed by atoms with van der Waals surface area (Å²) in [4.78, 5) is 2.17. The van der Waals surface area contributed by atoms with Crippen molar-refractivity contribution in [2.24, 2.45) is 0 Å². The van der Waals surface area contributed by atoms with Gasteiger partial charge in [-0.3, -0.25) is 4.90 Å². The van der Waals surface area contributed by atoms with E-state index in [1.807, 2.05) is 37.4 Å². The van der Waals surface area contributed by atoms with Crippen molar-refractivity contribution >= 4 is 12.4 Å². The van der Waals surface area contributed by atoms with Gasteiger partial charge in [-0.05, 0) is 49.6 Å². The minimum Gasteiger partial charge on any atom is -0.362 e. The van der Waals surface area contributed by atoms with Crippen LogP contribution in [-0.2, 0) is 4.74 Å². The number of benzene rings is 2. The maximum atomic E-state index is 15.0. The first kappa shape index (κ1) is 19.3. The van der Waals surface area contributed by atoms with Gasteiger partial charge in [0.15, 0.2) is 0 Å². The Hall–Kier alpha value is -1.49. The van der Waals surface area contributed by atoms with Crippen LogP contribution in [0.3, 0.4) is 0 Å². The zero-order valence-corrected chi connectivity index (χ0v) is 15.5. The van der Waals surface area contributed by atoms with Gasteiger partial charge in [-0.25, -0.2) is 8.78 Å². The molecule has 2 aromatic rings. The number of alkyl halides is 1. The van der Waals surface area contributed by atoms with E-state index in [1.165, 1.54) is 12.1 Å². The lowest BCUT2D eigenvalue weighted by Crippen LogP contribution is -2.51. The molecule has 2 aliphatic rings. The number of ether oxygens (including phenoxy) is 1. The number of fused-ring (bicyclic) bond motifs is 2. The average molecular weight is 380 g/mol. The van der Waals surface area contributed by atoms with Crippen molar-refractivity contribution in [3.8, 4) is 0 Å². The number of nitrogens with zero attached hydrogens (tertiary/aromatic N) is 1. The normalized spacial score (nSPS) is 29.2. The molecule has 4 rings (SSSR count). The SMILES string of the molecule is CN1C2CCC1C(F)[C@H](OC(c1ccccc1)c1ccc(F)cc1)C2.Cl. The number of hydrogen-bond acceptors (Lipinski definition) is 2. The first-order valence-electron chi connectivity index (χ1n) is 8.95. The molecule has 26 heavy (non-hydrogen) atoms. The van der Waals surface area contributed by atoms with E-state index in [4.69, 9.17) is 4.74 Å². The van der Waals surface area contributed by atoms with E-state index in [-0.39, 0.29) is 30.4 Å². The lowest BCUT2D eigenvalue weighted by molar-refractivity contribution is -0.0908. The number of hydrogen-bond donors (Lipinski definition) is 0. The second-order valence-corrected chi connectivity index (χ2v) is 7.16. The lowest BCUT2D eigenvalue weighted by atomic mass is 9.96. The van der Waals surface area contributed by atoms with E-state index in [1.54, 1.807) is 12.1 Å². The van der Waals surface area contributed by atoms with E-state index < -0.39 is 12.3 Å². The van der Waals surface area contributed by atoms with Gasteiger partial charge in [-0.15, -0.1) is 12.4 Å². The van der Waals surface area contributed by atoms with Crippen LogP contribution >= 0.6 is 12.4 Å². The van der Waals surface area contributed by atoms with Crippen molar-refractivity contribution in [1.82, 2.24) is 4.90 Å². The predicted molar refractivity (Wildman–Crippen MR) is 101 cm³/mol. The van der Waals surface area contributed by atoms with Crippen molar-refractivity contribution in [1.29, 1.82) is 0 Å². The van der Waals surface area contributed by atoms with Crippen LogP contribution in [0.2, 0.25) is 0 Å². The van der Waals surface area contributed by atoms with Crippen molar-refractivity contribution < 1.29 is 13.5 Å². The van der Waals surface area contributed by atoms with E-state index >= 15 is 4.39 Å². The molecule has 0 amide bonds.